The first-order chi connectivity index (χ1) is 12.8. The molecule has 26 heavy (non-hydrogen) atoms. The largest absolute Gasteiger partial charge is 0.486 e. The maximum atomic E-state index is 12.3. The Bertz CT molecular complexity index is 854. The summed E-state index contributed by atoms with van der Waals surface area (Å²) in [6.07, 6.45) is 4.97. The molecule has 0 N–H and O–H groups in total. The van der Waals surface area contributed by atoms with Gasteiger partial charge in [-0.3, -0.25) is 9.63 Å². The van der Waals surface area contributed by atoms with Crippen LogP contribution in [0.1, 0.15) is 29.1 Å². The summed E-state index contributed by atoms with van der Waals surface area (Å²) in [5, 5.41) is 9.20. The molecule has 1 aliphatic heterocycles. The van der Waals surface area contributed by atoms with E-state index in [0.29, 0.717) is 24.7 Å². The molecule has 2 aromatic heterocycles. The van der Waals surface area contributed by atoms with Crippen molar-refractivity contribution in [3.63, 3.8) is 0 Å². The van der Waals surface area contributed by atoms with E-state index in [1.807, 2.05) is 24.3 Å². The quantitative estimate of drug-likeness (QED) is 0.691. The standard InChI is InChI=1S/C17H17N5O4/c23-17(22-7-1-2-8-25-22)16-9-15(26-20-16)10-24-14-5-3-13(4-6-14)21-12-18-11-19-21/h3-6,9,11-12H,1-2,7-8,10H2. The van der Waals surface area contributed by atoms with Crippen LogP contribution in [0.15, 0.2) is 47.5 Å². The molecule has 1 aliphatic rings. The average Bonchev–Trinajstić information content (AvgIpc) is 3.39. The van der Waals surface area contributed by atoms with E-state index in [4.69, 9.17) is 14.1 Å². The number of nitrogens with zero attached hydrogens (tertiary/aromatic N) is 5. The third-order valence-electron chi connectivity index (χ3n) is 3.91. The Labute approximate surface area is 149 Å². The van der Waals surface area contributed by atoms with Gasteiger partial charge >= 0.3 is 0 Å². The molecule has 0 atom stereocenters. The van der Waals surface area contributed by atoms with E-state index < -0.39 is 0 Å². The lowest BCUT2D eigenvalue weighted by molar-refractivity contribution is -0.144. The van der Waals surface area contributed by atoms with Crippen molar-refractivity contribution >= 4 is 5.91 Å². The van der Waals surface area contributed by atoms with Crippen LogP contribution in [-0.4, -0.2) is 44.0 Å². The second-order valence-electron chi connectivity index (χ2n) is 5.75. The van der Waals surface area contributed by atoms with E-state index in [2.05, 4.69) is 15.2 Å². The normalized spacial score (nSPS) is 14.4. The maximum Gasteiger partial charge on any atom is 0.299 e. The lowest BCUT2D eigenvalue weighted by Gasteiger charge is -2.24. The lowest BCUT2D eigenvalue weighted by Crippen LogP contribution is -2.35. The van der Waals surface area contributed by atoms with Crippen molar-refractivity contribution in [3.8, 4) is 11.4 Å². The fourth-order valence-electron chi connectivity index (χ4n) is 2.56. The zero-order valence-corrected chi connectivity index (χ0v) is 13.9. The van der Waals surface area contributed by atoms with E-state index >= 15 is 0 Å². The van der Waals surface area contributed by atoms with Gasteiger partial charge in [-0.05, 0) is 37.1 Å². The van der Waals surface area contributed by atoms with E-state index in [1.54, 1.807) is 17.1 Å². The van der Waals surface area contributed by atoms with E-state index in [9.17, 15) is 4.79 Å². The smallest absolute Gasteiger partial charge is 0.299 e. The summed E-state index contributed by atoms with van der Waals surface area (Å²) in [6.45, 7) is 1.28. The van der Waals surface area contributed by atoms with Crippen LogP contribution in [-0.2, 0) is 11.4 Å². The Morgan fingerprint density at radius 2 is 2.12 bits per heavy atom. The fourth-order valence-corrected chi connectivity index (χ4v) is 2.56. The topological polar surface area (TPSA) is 95.5 Å². The Morgan fingerprint density at radius 1 is 1.23 bits per heavy atom. The van der Waals surface area contributed by atoms with Crippen molar-refractivity contribution < 1.29 is 18.9 Å². The second-order valence-corrected chi connectivity index (χ2v) is 5.75. The van der Waals surface area contributed by atoms with Gasteiger partial charge in [0.2, 0.25) is 0 Å². The molecule has 134 valence electrons. The first-order valence-electron chi connectivity index (χ1n) is 8.28. The van der Waals surface area contributed by atoms with Gasteiger partial charge in [-0.1, -0.05) is 5.16 Å². The van der Waals surface area contributed by atoms with Crippen LogP contribution in [0.4, 0.5) is 0 Å². The minimum Gasteiger partial charge on any atom is -0.486 e. The summed E-state index contributed by atoms with van der Waals surface area (Å²) in [5.41, 5.74) is 1.09. The summed E-state index contributed by atoms with van der Waals surface area (Å²) in [6, 6.07) is 8.95. The third-order valence-corrected chi connectivity index (χ3v) is 3.91. The number of benzene rings is 1. The van der Waals surface area contributed by atoms with Gasteiger partial charge in [0.25, 0.3) is 5.91 Å². The van der Waals surface area contributed by atoms with Crippen molar-refractivity contribution in [1.82, 2.24) is 25.0 Å². The number of ether oxygens (including phenoxy) is 1. The minimum absolute atomic E-state index is 0.170. The van der Waals surface area contributed by atoms with E-state index in [1.165, 1.54) is 11.4 Å². The van der Waals surface area contributed by atoms with Gasteiger partial charge in [-0.15, -0.1) is 0 Å². The Hall–Kier alpha value is -3.20. The summed E-state index contributed by atoms with van der Waals surface area (Å²) >= 11 is 0. The lowest BCUT2D eigenvalue weighted by atomic mass is 10.3. The Balaban J connectivity index is 1.35. The molecule has 1 amide bonds. The van der Waals surface area contributed by atoms with Crippen LogP contribution < -0.4 is 4.74 Å². The Kier molecular flexibility index (Phi) is 4.61. The van der Waals surface area contributed by atoms with Gasteiger partial charge in [-0.25, -0.2) is 14.7 Å². The monoisotopic (exact) mass is 355 g/mol. The minimum atomic E-state index is -0.295. The SMILES string of the molecule is O=C(c1cc(COc2ccc(-n3cncn3)cc2)on1)N1CCCCO1. The number of hydrogen-bond acceptors (Lipinski definition) is 7. The summed E-state index contributed by atoms with van der Waals surface area (Å²) < 4.78 is 12.5. The molecule has 0 spiro atoms. The van der Waals surface area contributed by atoms with E-state index in [-0.39, 0.29) is 18.2 Å². The van der Waals surface area contributed by atoms with Gasteiger partial charge in [0, 0.05) is 12.6 Å². The molecule has 0 radical (unpaired) electrons. The number of carbonyl (C=O) groups excluding carboxylic acids is 1. The highest BCUT2D eigenvalue weighted by Gasteiger charge is 2.22. The number of rotatable bonds is 5. The van der Waals surface area contributed by atoms with Crippen LogP contribution in [0.25, 0.3) is 5.69 Å². The van der Waals surface area contributed by atoms with Crippen LogP contribution in [0.3, 0.4) is 0 Å². The van der Waals surface area contributed by atoms with Crippen molar-refractivity contribution in [2.75, 3.05) is 13.2 Å². The molecular formula is C17H17N5O4. The van der Waals surface area contributed by atoms with Crippen molar-refractivity contribution in [1.29, 1.82) is 0 Å². The highest BCUT2D eigenvalue weighted by Crippen LogP contribution is 2.17. The maximum absolute atomic E-state index is 12.3. The molecule has 9 nitrogen and oxygen atoms in total. The van der Waals surface area contributed by atoms with Crippen LogP contribution in [0, 0.1) is 0 Å². The van der Waals surface area contributed by atoms with E-state index in [0.717, 1.165) is 18.5 Å². The highest BCUT2D eigenvalue weighted by atomic mass is 16.7. The first kappa shape index (κ1) is 16.3. The molecule has 0 bridgehead atoms. The molecule has 0 saturated carbocycles. The van der Waals surface area contributed by atoms with Crippen LogP contribution >= 0.6 is 0 Å². The van der Waals surface area contributed by atoms with Crippen molar-refractivity contribution in [3.05, 3.63) is 54.4 Å². The molecule has 1 fully saturated rings. The summed E-state index contributed by atoms with van der Waals surface area (Å²) in [4.78, 5) is 21.5. The van der Waals surface area contributed by atoms with Gasteiger partial charge in [0.15, 0.2) is 11.5 Å². The summed E-state index contributed by atoms with van der Waals surface area (Å²) in [7, 11) is 0. The van der Waals surface area contributed by atoms with Gasteiger partial charge in [0.05, 0.1) is 12.3 Å². The molecule has 1 saturated heterocycles. The van der Waals surface area contributed by atoms with Gasteiger partial charge in [0.1, 0.15) is 25.0 Å². The molecule has 4 rings (SSSR count). The molecule has 0 unspecified atom stereocenters. The molecule has 9 heteroatoms. The number of hydroxylamine groups is 2. The second kappa shape index (κ2) is 7.36. The average molecular weight is 355 g/mol. The molecular weight excluding hydrogens is 338 g/mol. The summed E-state index contributed by atoms with van der Waals surface area (Å²) in [5.74, 6) is 0.833. The predicted octanol–water partition coefficient (Wildman–Crippen LogP) is 2.00. The number of hydrogen-bond donors (Lipinski definition) is 0. The molecule has 1 aromatic carbocycles. The predicted molar refractivity (Wildman–Crippen MR) is 88.4 cm³/mol. The van der Waals surface area contributed by atoms with Crippen molar-refractivity contribution in [2.24, 2.45) is 0 Å². The fraction of sp³-hybridized carbons (Fsp3) is 0.294. The third kappa shape index (κ3) is 3.57. The first-order valence-corrected chi connectivity index (χ1v) is 8.28. The van der Waals surface area contributed by atoms with Crippen molar-refractivity contribution in [2.45, 2.75) is 19.4 Å². The number of carbonyl (C=O) groups is 1. The van der Waals surface area contributed by atoms with Gasteiger partial charge < -0.3 is 9.26 Å². The number of amides is 1. The zero-order chi connectivity index (χ0) is 17.8. The van der Waals surface area contributed by atoms with Gasteiger partial charge in [-0.2, -0.15) is 5.10 Å². The zero-order valence-electron chi connectivity index (χ0n) is 13.9. The van der Waals surface area contributed by atoms with Crippen LogP contribution in [0.5, 0.6) is 5.75 Å². The molecule has 3 aromatic rings. The Morgan fingerprint density at radius 3 is 2.85 bits per heavy atom. The molecule has 0 aliphatic carbocycles. The molecule has 3 heterocycles. The number of aromatic nitrogens is 4. The highest BCUT2D eigenvalue weighted by molar-refractivity contribution is 5.91. The van der Waals surface area contributed by atoms with Crippen LogP contribution in [0.2, 0.25) is 0 Å².